The fourth-order valence-electron chi connectivity index (χ4n) is 3.63. The van der Waals surface area contributed by atoms with Gasteiger partial charge in [0.25, 0.3) is 5.56 Å². The maximum atomic E-state index is 13.5. The summed E-state index contributed by atoms with van der Waals surface area (Å²) in [6.07, 6.45) is 1.56. The van der Waals surface area contributed by atoms with Crippen LogP contribution < -0.4 is 16.0 Å². The fraction of sp³-hybridized carbons (Fsp3) is 0.182. The lowest BCUT2D eigenvalue weighted by molar-refractivity contribution is -0.136. The highest BCUT2D eigenvalue weighted by Crippen LogP contribution is 2.41. The van der Waals surface area contributed by atoms with Crippen molar-refractivity contribution in [3.63, 3.8) is 0 Å². The van der Waals surface area contributed by atoms with Gasteiger partial charge in [-0.25, -0.2) is 4.79 Å². The van der Waals surface area contributed by atoms with Gasteiger partial charge in [-0.3, -0.25) is 4.79 Å². The molecule has 3 heterocycles. The number of carbonyl (C=O) groups excluding carboxylic acids is 1. The molecule has 0 bridgehead atoms. The predicted octanol–water partition coefficient (Wildman–Crippen LogP) is 2.67. The third-order valence-electron chi connectivity index (χ3n) is 5.00. The summed E-state index contributed by atoms with van der Waals surface area (Å²) in [6, 6.07) is 14.5. The van der Waals surface area contributed by atoms with Crippen molar-refractivity contribution in [3.05, 3.63) is 99.2 Å². The molecule has 0 saturated heterocycles. The van der Waals surface area contributed by atoms with Gasteiger partial charge in [0.15, 0.2) is 0 Å². The molecule has 0 unspecified atom stereocenters. The maximum absolute atomic E-state index is 13.5. The second-order valence-corrected chi connectivity index (χ2v) is 6.75. The van der Waals surface area contributed by atoms with Crippen molar-refractivity contribution < 1.29 is 18.7 Å². The van der Waals surface area contributed by atoms with Crippen LogP contribution in [-0.4, -0.2) is 17.6 Å². The van der Waals surface area contributed by atoms with E-state index in [0.29, 0.717) is 22.8 Å². The van der Waals surface area contributed by atoms with Gasteiger partial charge in [-0.05, 0) is 24.6 Å². The zero-order valence-corrected chi connectivity index (χ0v) is 16.0. The molecule has 1 aliphatic heterocycles. The van der Waals surface area contributed by atoms with Gasteiger partial charge >= 0.3 is 5.97 Å². The summed E-state index contributed by atoms with van der Waals surface area (Å²) >= 11 is 0. The number of carbonyl (C=O) groups is 1. The van der Waals surface area contributed by atoms with Gasteiger partial charge in [0.05, 0.1) is 31.4 Å². The number of methoxy groups -OCH3 is 1. The first-order chi connectivity index (χ1) is 14.0. The zero-order chi connectivity index (χ0) is 20.5. The molecule has 0 fully saturated rings. The van der Waals surface area contributed by atoms with Crippen LogP contribution in [0, 0.1) is 6.92 Å². The van der Waals surface area contributed by atoms with Gasteiger partial charge in [-0.2, -0.15) is 0 Å². The molecular weight excluding hydrogens is 372 g/mol. The van der Waals surface area contributed by atoms with Crippen LogP contribution in [0.5, 0.6) is 5.75 Å². The lowest BCUT2D eigenvalue weighted by Gasteiger charge is -2.28. The summed E-state index contributed by atoms with van der Waals surface area (Å²) in [4.78, 5) is 26.1. The highest BCUT2D eigenvalue weighted by atomic mass is 16.5. The monoisotopic (exact) mass is 392 g/mol. The summed E-state index contributed by atoms with van der Waals surface area (Å²) in [5.41, 5.74) is 7.67. The number of hydrogen-bond donors (Lipinski definition) is 1. The Bertz CT molecular complexity index is 1140. The highest BCUT2D eigenvalue weighted by molar-refractivity contribution is 5.92. The van der Waals surface area contributed by atoms with Gasteiger partial charge < -0.3 is 24.2 Å². The van der Waals surface area contributed by atoms with Crippen molar-refractivity contribution in [1.29, 1.82) is 0 Å². The molecule has 2 N–H and O–H groups in total. The van der Waals surface area contributed by atoms with E-state index in [2.05, 4.69) is 0 Å². The summed E-state index contributed by atoms with van der Waals surface area (Å²) in [5.74, 6) is -0.433. The number of ether oxygens (including phenoxy) is 2. The standard InChI is InChI=1S/C22H20N2O5/c1-13-11-16-18(21(25)24(13)12-15-9-6-10-28-15)17(14-7-4-3-5-8-14)19(20(23)29-16)22(26)27-2/h3-11,17H,12,23H2,1-2H3/t17-/m0/s1. The van der Waals surface area contributed by atoms with Gasteiger partial charge in [-0.1, -0.05) is 30.3 Å². The molecule has 0 radical (unpaired) electrons. The van der Waals surface area contributed by atoms with Crippen LogP contribution in [-0.2, 0) is 16.1 Å². The topological polar surface area (TPSA) is 96.7 Å². The second kappa shape index (κ2) is 7.35. The predicted molar refractivity (Wildman–Crippen MR) is 105 cm³/mol. The number of fused-ring (bicyclic) bond motifs is 1. The average molecular weight is 392 g/mol. The van der Waals surface area contributed by atoms with E-state index in [0.717, 1.165) is 5.56 Å². The first-order valence-electron chi connectivity index (χ1n) is 9.08. The normalized spacial score (nSPS) is 15.6. The van der Waals surface area contributed by atoms with E-state index in [1.807, 2.05) is 30.3 Å². The van der Waals surface area contributed by atoms with Crippen LogP contribution in [0.15, 0.2) is 75.5 Å². The van der Waals surface area contributed by atoms with E-state index in [-0.39, 0.29) is 23.6 Å². The van der Waals surface area contributed by atoms with Crippen LogP contribution in [0.4, 0.5) is 0 Å². The molecule has 2 aromatic heterocycles. The number of aromatic nitrogens is 1. The molecule has 0 spiro atoms. The molecule has 1 atom stereocenters. The first kappa shape index (κ1) is 18.6. The average Bonchev–Trinajstić information content (AvgIpc) is 3.23. The van der Waals surface area contributed by atoms with Crippen molar-refractivity contribution >= 4 is 5.97 Å². The van der Waals surface area contributed by atoms with Crippen LogP contribution in [0.25, 0.3) is 0 Å². The summed E-state index contributed by atoms with van der Waals surface area (Å²) < 4.78 is 17.6. The SMILES string of the molecule is COC(=O)C1=C(N)Oc2cc(C)n(Cc3ccco3)c(=O)c2[C@@H]1c1ccccc1. The van der Waals surface area contributed by atoms with E-state index >= 15 is 0 Å². The summed E-state index contributed by atoms with van der Waals surface area (Å²) in [5, 5.41) is 0. The van der Waals surface area contributed by atoms with E-state index < -0.39 is 11.9 Å². The minimum Gasteiger partial charge on any atom is -0.467 e. The zero-order valence-electron chi connectivity index (χ0n) is 16.0. The molecule has 4 rings (SSSR count). The third kappa shape index (κ3) is 3.20. The Morgan fingerprint density at radius 1 is 1.21 bits per heavy atom. The van der Waals surface area contributed by atoms with Crippen molar-refractivity contribution in [2.45, 2.75) is 19.4 Å². The van der Waals surface area contributed by atoms with Gasteiger partial charge in [-0.15, -0.1) is 0 Å². The van der Waals surface area contributed by atoms with Gasteiger partial charge in [0.1, 0.15) is 17.1 Å². The molecule has 1 aliphatic rings. The number of rotatable bonds is 4. The number of nitrogens with zero attached hydrogens (tertiary/aromatic N) is 1. The molecule has 0 aliphatic carbocycles. The van der Waals surface area contributed by atoms with Crippen molar-refractivity contribution in [3.8, 4) is 5.75 Å². The number of benzene rings is 1. The van der Waals surface area contributed by atoms with E-state index in [1.54, 1.807) is 36.0 Å². The third-order valence-corrected chi connectivity index (χ3v) is 5.00. The van der Waals surface area contributed by atoms with Crippen molar-refractivity contribution in [1.82, 2.24) is 4.57 Å². The molecule has 0 amide bonds. The molecule has 7 nitrogen and oxygen atoms in total. The number of aryl methyl sites for hydroxylation is 1. The minimum absolute atomic E-state index is 0.0687. The van der Waals surface area contributed by atoms with Crippen LogP contribution in [0.1, 0.15) is 28.5 Å². The van der Waals surface area contributed by atoms with Crippen LogP contribution in [0.3, 0.4) is 0 Å². The number of furan rings is 1. The molecule has 1 aromatic carbocycles. The smallest absolute Gasteiger partial charge is 0.340 e. The Morgan fingerprint density at radius 2 is 1.97 bits per heavy atom. The van der Waals surface area contributed by atoms with Crippen LogP contribution in [0.2, 0.25) is 0 Å². The summed E-state index contributed by atoms with van der Waals surface area (Å²) in [7, 11) is 1.27. The van der Waals surface area contributed by atoms with E-state index in [1.165, 1.54) is 7.11 Å². The quantitative estimate of drug-likeness (QED) is 0.686. The molecule has 7 heteroatoms. The molecule has 29 heavy (non-hydrogen) atoms. The fourth-order valence-corrected chi connectivity index (χ4v) is 3.63. The molecule has 3 aromatic rings. The Balaban J connectivity index is 1.95. The Morgan fingerprint density at radius 3 is 2.62 bits per heavy atom. The van der Waals surface area contributed by atoms with Gasteiger partial charge in [0.2, 0.25) is 5.88 Å². The highest BCUT2D eigenvalue weighted by Gasteiger charge is 2.38. The molecule has 0 saturated carbocycles. The number of hydrogen-bond acceptors (Lipinski definition) is 6. The minimum atomic E-state index is -0.705. The first-order valence-corrected chi connectivity index (χ1v) is 9.08. The van der Waals surface area contributed by atoms with E-state index in [9.17, 15) is 9.59 Å². The number of esters is 1. The lowest BCUT2D eigenvalue weighted by Crippen LogP contribution is -2.35. The Kier molecular flexibility index (Phi) is 4.72. The van der Waals surface area contributed by atoms with Crippen molar-refractivity contribution in [2.24, 2.45) is 5.73 Å². The van der Waals surface area contributed by atoms with Crippen LogP contribution >= 0.6 is 0 Å². The maximum Gasteiger partial charge on any atom is 0.340 e. The van der Waals surface area contributed by atoms with Crippen molar-refractivity contribution in [2.75, 3.05) is 7.11 Å². The number of pyridine rings is 1. The van der Waals surface area contributed by atoms with Gasteiger partial charge in [0, 0.05) is 11.8 Å². The summed E-state index contributed by atoms with van der Waals surface area (Å²) in [6.45, 7) is 2.07. The Hall–Kier alpha value is -3.74. The van der Waals surface area contributed by atoms with E-state index in [4.69, 9.17) is 19.6 Å². The molecule has 148 valence electrons. The Labute approximate surface area is 167 Å². The lowest BCUT2D eigenvalue weighted by atomic mass is 9.83. The molecular formula is C22H20N2O5. The second-order valence-electron chi connectivity index (χ2n) is 6.75. The number of nitrogens with two attached hydrogens (primary N) is 1. The largest absolute Gasteiger partial charge is 0.467 e.